The van der Waals surface area contributed by atoms with Gasteiger partial charge in [0.25, 0.3) is 0 Å². The number of benzene rings is 1. The maximum absolute atomic E-state index is 12.7. The molecule has 0 aliphatic heterocycles. The fourth-order valence-electron chi connectivity index (χ4n) is 2.74. The second kappa shape index (κ2) is 11.9. The van der Waals surface area contributed by atoms with Crippen LogP contribution in [0.3, 0.4) is 0 Å². The second-order valence-electron chi connectivity index (χ2n) is 8.69. The van der Waals surface area contributed by atoms with Crippen LogP contribution < -0.4 is 16.0 Å². The van der Waals surface area contributed by atoms with Gasteiger partial charge in [0, 0.05) is 6.42 Å². The normalized spacial score (nSPS) is 13.1. The van der Waals surface area contributed by atoms with Crippen LogP contribution in [-0.2, 0) is 25.5 Å². The Morgan fingerprint density at radius 2 is 1.61 bits per heavy atom. The standard InChI is InChI=1S/C22H33N3O6/c1-14(2)11-16(24-18(26)13-23-21(30)31-22(3,4)5)19(27)25-17(20(28)29)12-15-9-7-6-8-10-15/h6-10,14,16-17H,11-13H2,1-5H3,(H,23,30)(H,24,26)(H,25,27)(H,28,29)/t16-,17-/m0/s1. The Bertz CT molecular complexity index is 758. The van der Waals surface area contributed by atoms with Crippen LogP contribution in [-0.4, -0.2) is 53.2 Å². The Morgan fingerprint density at radius 1 is 1.00 bits per heavy atom. The second-order valence-corrected chi connectivity index (χ2v) is 8.69. The van der Waals surface area contributed by atoms with Crippen molar-refractivity contribution in [1.82, 2.24) is 16.0 Å². The Labute approximate surface area is 182 Å². The van der Waals surface area contributed by atoms with E-state index in [1.54, 1.807) is 45.0 Å². The van der Waals surface area contributed by atoms with Gasteiger partial charge >= 0.3 is 12.1 Å². The lowest BCUT2D eigenvalue weighted by Crippen LogP contribution is -2.54. The Balaban J connectivity index is 2.73. The molecule has 0 spiro atoms. The zero-order valence-electron chi connectivity index (χ0n) is 18.7. The summed E-state index contributed by atoms with van der Waals surface area (Å²) in [6, 6.07) is 6.87. The summed E-state index contributed by atoms with van der Waals surface area (Å²) < 4.78 is 5.07. The van der Waals surface area contributed by atoms with Crippen LogP contribution >= 0.6 is 0 Å². The molecule has 0 saturated heterocycles. The summed E-state index contributed by atoms with van der Waals surface area (Å²) in [5.41, 5.74) is 0.0619. The van der Waals surface area contributed by atoms with Crippen molar-refractivity contribution in [3.63, 3.8) is 0 Å². The van der Waals surface area contributed by atoms with E-state index in [2.05, 4.69) is 16.0 Å². The van der Waals surface area contributed by atoms with Gasteiger partial charge in [-0.3, -0.25) is 9.59 Å². The Hall–Kier alpha value is -3.10. The summed E-state index contributed by atoms with van der Waals surface area (Å²) in [6.45, 7) is 8.48. The minimum Gasteiger partial charge on any atom is -0.480 e. The average molecular weight is 436 g/mol. The van der Waals surface area contributed by atoms with Crippen molar-refractivity contribution >= 4 is 23.9 Å². The predicted molar refractivity (Wildman–Crippen MR) is 115 cm³/mol. The van der Waals surface area contributed by atoms with Crippen molar-refractivity contribution in [1.29, 1.82) is 0 Å². The number of aliphatic carboxylic acids is 1. The van der Waals surface area contributed by atoms with Gasteiger partial charge in [0.15, 0.2) is 0 Å². The third-order valence-electron chi connectivity index (χ3n) is 4.05. The molecule has 0 unspecified atom stereocenters. The topological polar surface area (TPSA) is 134 Å². The van der Waals surface area contributed by atoms with Gasteiger partial charge in [0.1, 0.15) is 24.2 Å². The number of carbonyl (C=O) groups excluding carboxylic acids is 3. The molecular weight excluding hydrogens is 402 g/mol. The molecule has 1 aromatic carbocycles. The predicted octanol–water partition coefficient (Wildman–Crippen LogP) is 1.85. The molecule has 0 aliphatic carbocycles. The number of hydrogen-bond donors (Lipinski definition) is 4. The molecule has 0 fully saturated rings. The van der Waals surface area contributed by atoms with Crippen LogP contribution in [0.15, 0.2) is 30.3 Å². The van der Waals surface area contributed by atoms with Crippen LogP contribution in [0.5, 0.6) is 0 Å². The number of alkyl carbamates (subject to hydrolysis) is 1. The van der Waals surface area contributed by atoms with Gasteiger partial charge in [-0.2, -0.15) is 0 Å². The Kier molecular flexibility index (Phi) is 9.98. The highest BCUT2D eigenvalue weighted by atomic mass is 16.6. The number of rotatable bonds is 10. The summed E-state index contributed by atoms with van der Waals surface area (Å²) in [7, 11) is 0. The van der Waals surface area contributed by atoms with Crippen molar-refractivity contribution in [2.24, 2.45) is 5.92 Å². The maximum atomic E-state index is 12.7. The van der Waals surface area contributed by atoms with E-state index in [0.717, 1.165) is 5.56 Å². The van der Waals surface area contributed by atoms with E-state index in [1.165, 1.54) is 0 Å². The monoisotopic (exact) mass is 435 g/mol. The van der Waals surface area contributed by atoms with Gasteiger partial charge in [0.05, 0.1) is 0 Å². The van der Waals surface area contributed by atoms with Gasteiger partial charge < -0.3 is 25.8 Å². The van der Waals surface area contributed by atoms with Gasteiger partial charge in [0.2, 0.25) is 11.8 Å². The molecular formula is C22H33N3O6. The van der Waals surface area contributed by atoms with Crippen molar-refractivity contribution in [2.75, 3.05) is 6.54 Å². The molecule has 1 aromatic rings. The largest absolute Gasteiger partial charge is 0.480 e. The SMILES string of the molecule is CC(C)C[C@H](NC(=O)CNC(=O)OC(C)(C)C)C(=O)N[C@@H](Cc1ccccc1)C(=O)O. The molecule has 0 saturated carbocycles. The van der Waals surface area contributed by atoms with E-state index in [0.29, 0.717) is 6.42 Å². The molecule has 3 amide bonds. The zero-order valence-corrected chi connectivity index (χ0v) is 18.7. The third kappa shape index (κ3) is 11.0. The molecule has 31 heavy (non-hydrogen) atoms. The number of carbonyl (C=O) groups is 4. The number of carboxylic acid groups (broad SMARTS) is 1. The van der Waals surface area contributed by atoms with E-state index >= 15 is 0 Å². The van der Waals surface area contributed by atoms with Gasteiger partial charge in [-0.15, -0.1) is 0 Å². The summed E-state index contributed by atoms with van der Waals surface area (Å²) >= 11 is 0. The summed E-state index contributed by atoms with van der Waals surface area (Å²) in [5, 5.41) is 16.9. The summed E-state index contributed by atoms with van der Waals surface area (Å²) in [4.78, 5) is 48.3. The van der Waals surface area contributed by atoms with E-state index in [1.807, 2.05) is 19.9 Å². The quantitative estimate of drug-likeness (QED) is 0.443. The van der Waals surface area contributed by atoms with Gasteiger partial charge in [-0.05, 0) is 38.7 Å². The highest BCUT2D eigenvalue weighted by molar-refractivity contribution is 5.91. The number of hydrogen-bond acceptors (Lipinski definition) is 5. The molecule has 0 bridgehead atoms. The van der Waals surface area contributed by atoms with Crippen LogP contribution in [0, 0.1) is 5.92 Å². The van der Waals surface area contributed by atoms with E-state index in [9.17, 15) is 24.3 Å². The average Bonchev–Trinajstić information content (AvgIpc) is 2.64. The van der Waals surface area contributed by atoms with Crippen molar-refractivity contribution < 1.29 is 29.0 Å². The first-order valence-corrected chi connectivity index (χ1v) is 10.2. The summed E-state index contributed by atoms with van der Waals surface area (Å²) in [6.07, 6.45) is -0.326. The third-order valence-corrected chi connectivity index (χ3v) is 4.05. The zero-order chi connectivity index (χ0) is 23.6. The van der Waals surface area contributed by atoms with Crippen LogP contribution in [0.1, 0.15) is 46.6 Å². The van der Waals surface area contributed by atoms with Crippen LogP contribution in [0.4, 0.5) is 4.79 Å². The molecule has 2 atom stereocenters. The number of carboxylic acids is 1. The number of nitrogens with one attached hydrogen (secondary N) is 3. The first kappa shape index (κ1) is 25.9. The van der Waals surface area contributed by atoms with Crippen LogP contribution in [0.2, 0.25) is 0 Å². The van der Waals surface area contributed by atoms with Gasteiger partial charge in [-0.25, -0.2) is 9.59 Å². The molecule has 0 heterocycles. The van der Waals surface area contributed by atoms with E-state index < -0.39 is 41.6 Å². The molecule has 0 aliphatic rings. The van der Waals surface area contributed by atoms with Crippen LogP contribution in [0.25, 0.3) is 0 Å². The smallest absolute Gasteiger partial charge is 0.408 e. The van der Waals surface area contributed by atoms with Crippen molar-refractivity contribution in [2.45, 2.75) is 65.1 Å². The molecule has 9 heteroatoms. The minimum atomic E-state index is -1.17. The van der Waals surface area contributed by atoms with Gasteiger partial charge in [-0.1, -0.05) is 44.2 Å². The summed E-state index contributed by atoms with van der Waals surface area (Å²) in [5.74, 6) is -2.28. The molecule has 9 nitrogen and oxygen atoms in total. The lowest BCUT2D eigenvalue weighted by molar-refractivity contribution is -0.142. The molecule has 0 radical (unpaired) electrons. The fraction of sp³-hybridized carbons (Fsp3) is 0.545. The molecule has 1 rings (SSSR count). The Morgan fingerprint density at radius 3 is 2.13 bits per heavy atom. The van der Waals surface area contributed by atoms with Crippen molar-refractivity contribution in [3.05, 3.63) is 35.9 Å². The molecule has 4 N–H and O–H groups in total. The number of ether oxygens (including phenoxy) is 1. The fourth-order valence-corrected chi connectivity index (χ4v) is 2.74. The lowest BCUT2D eigenvalue weighted by Gasteiger charge is -2.23. The molecule has 172 valence electrons. The number of amides is 3. The highest BCUT2D eigenvalue weighted by Gasteiger charge is 2.27. The minimum absolute atomic E-state index is 0.0623. The van der Waals surface area contributed by atoms with E-state index in [-0.39, 0.29) is 18.9 Å². The highest BCUT2D eigenvalue weighted by Crippen LogP contribution is 2.08. The first-order valence-electron chi connectivity index (χ1n) is 10.2. The van der Waals surface area contributed by atoms with E-state index in [4.69, 9.17) is 4.74 Å². The first-order chi connectivity index (χ1) is 14.4. The maximum Gasteiger partial charge on any atom is 0.408 e. The lowest BCUT2D eigenvalue weighted by atomic mass is 10.0. The molecule has 0 aromatic heterocycles. The van der Waals surface area contributed by atoms with Crippen molar-refractivity contribution in [3.8, 4) is 0 Å².